The fourth-order valence-corrected chi connectivity index (χ4v) is 1.91. The van der Waals surface area contributed by atoms with Crippen molar-refractivity contribution in [2.24, 2.45) is 0 Å². The number of carboxylic acids is 1. The van der Waals surface area contributed by atoms with Crippen LogP contribution in [0.2, 0.25) is 0 Å². The Bertz CT molecular complexity index is 617. The monoisotopic (exact) mass is 287 g/mol. The highest BCUT2D eigenvalue weighted by Gasteiger charge is 2.10. The van der Waals surface area contributed by atoms with E-state index in [2.05, 4.69) is 15.3 Å². The average Bonchev–Trinajstić information content (AvgIpc) is 2.48. The standard InChI is InChI=1S/C15H17N3O3/c1-2-21-12-5-3-4-11(6-12)7-16-9-14-13(15(19)20)8-17-10-18-14/h3-6,8,10,16H,2,7,9H2,1H3,(H,19,20). The van der Waals surface area contributed by atoms with Crippen molar-refractivity contribution < 1.29 is 14.6 Å². The highest BCUT2D eigenvalue weighted by molar-refractivity contribution is 5.88. The number of benzene rings is 1. The number of nitrogens with one attached hydrogen (secondary N) is 1. The van der Waals surface area contributed by atoms with Crippen LogP contribution in [0.3, 0.4) is 0 Å². The molecular formula is C15H17N3O3. The highest BCUT2D eigenvalue weighted by atomic mass is 16.5. The number of aromatic nitrogens is 2. The first-order chi connectivity index (χ1) is 10.2. The van der Waals surface area contributed by atoms with E-state index in [1.165, 1.54) is 12.5 Å². The molecule has 2 N–H and O–H groups in total. The lowest BCUT2D eigenvalue weighted by Gasteiger charge is -2.08. The molecular weight excluding hydrogens is 270 g/mol. The van der Waals surface area contributed by atoms with Crippen LogP contribution in [-0.2, 0) is 13.1 Å². The predicted molar refractivity (Wildman–Crippen MR) is 77.1 cm³/mol. The van der Waals surface area contributed by atoms with E-state index >= 15 is 0 Å². The van der Waals surface area contributed by atoms with Gasteiger partial charge >= 0.3 is 5.97 Å². The summed E-state index contributed by atoms with van der Waals surface area (Å²) in [5.41, 5.74) is 1.65. The number of hydrogen-bond donors (Lipinski definition) is 2. The van der Waals surface area contributed by atoms with Gasteiger partial charge in [-0.25, -0.2) is 14.8 Å². The van der Waals surface area contributed by atoms with Crippen LogP contribution in [0.25, 0.3) is 0 Å². The van der Waals surface area contributed by atoms with Gasteiger partial charge in [0.1, 0.15) is 17.6 Å². The Kier molecular flexibility index (Phi) is 5.22. The molecule has 0 atom stereocenters. The number of rotatable bonds is 7. The predicted octanol–water partition coefficient (Wildman–Crippen LogP) is 1.86. The van der Waals surface area contributed by atoms with Gasteiger partial charge in [0.2, 0.25) is 0 Å². The van der Waals surface area contributed by atoms with E-state index < -0.39 is 5.97 Å². The molecule has 6 nitrogen and oxygen atoms in total. The highest BCUT2D eigenvalue weighted by Crippen LogP contribution is 2.13. The van der Waals surface area contributed by atoms with Gasteiger partial charge < -0.3 is 15.2 Å². The molecule has 0 spiro atoms. The van der Waals surface area contributed by atoms with Gasteiger partial charge in [0, 0.05) is 19.3 Å². The van der Waals surface area contributed by atoms with Crippen molar-refractivity contribution in [1.29, 1.82) is 0 Å². The smallest absolute Gasteiger partial charge is 0.339 e. The minimum Gasteiger partial charge on any atom is -0.494 e. The summed E-state index contributed by atoms with van der Waals surface area (Å²) >= 11 is 0. The van der Waals surface area contributed by atoms with E-state index in [9.17, 15) is 4.79 Å². The van der Waals surface area contributed by atoms with E-state index in [1.807, 2.05) is 31.2 Å². The summed E-state index contributed by atoms with van der Waals surface area (Å²) in [6.45, 7) is 3.53. The Hall–Kier alpha value is -2.47. The molecule has 0 saturated heterocycles. The zero-order chi connectivity index (χ0) is 15.1. The number of carbonyl (C=O) groups is 1. The minimum absolute atomic E-state index is 0.119. The van der Waals surface area contributed by atoms with Crippen molar-refractivity contribution in [3.8, 4) is 5.75 Å². The van der Waals surface area contributed by atoms with Crippen LogP contribution >= 0.6 is 0 Å². The Morgan fingerprint density at radius 1 is 1.38 bits per heavy atom. The van der Waals surface area contributed by atoms with E-state index in [0.717, 1.165) is 11.3 Å². The molecule has 1 heterocycles. The van der Waals surface area contributed by atoms with Crippen molar-refractivity contribution in [3.63, 3.8) is 0 Å². The lowest BCUT2D eigenvalue weighted by molar-refractivity contribution is 0.0694. The molecule has 0 unspecified atom stereocenters. The van der Waals surface area contributed by atoms with E-state index in [0.29, 0.717) is 25.4 Å². The first kappa shape index (κ1) is 14.9. The molecule has 0 amide bonds. The van der Waals surface area contributed by atoms with Crippen LogP contribution in [-0.4, -0.2) is 27.7 Å². The summed E-state index contributed by atoms with van der Waals surface area (Å²) in [6, 6.07) is 7.76. The fourth-order valence-electron chi connectivity index (χ4n) is 1.91. The van der Waals surface area contributed by atoms with Crippen molar-refractivity contribution in [2.75, 3.05) is 6.61 Å². The zero-order valence-corrected chi connectivity index (χ0v) is 11.7. The molecule has 0 radical (unpaired) electrons. The zero-order valence-electron chi connectivity index (χ0n) is 11.7. The molecule has 110 valence electrons. The van der Waals surface area contributed by atoms with E-state index in [4.69, 9.17) is 9.84 Å². The van der Waals surface area contributed by atoms with Crippen molar-refractivity contribution >= 4 is 5.97 Å². The molecule has 0 saturated carbocycles. The summed E-state index contributed by atoms with van der Waals surface area (Å²) in [5, 5.41) is 12.2. The largest absolute Gasteiger partial charge is 0.494 e. The first-order valence-electron chi connectivity index (χ1n) is 6.65. The van der Waals surface area contributed by atoms with Gasteiger partial charge in [-0.2, -0.15) is 0 Å². The molecule has 2 rings (SSSR count). The SMILES string of the molecule is CCOc1cccc(CNCc2ncncc2C(=O)O)c1. The summed E-state index contributed by atoms with van der Waals surface area (Å²) < 4.78 is 5.44. The topological polar surface area (TPSA) is 84.3 Å². The summed E-state index contributed by atoms with van der Waals surface area (Å²) in [6.07, 6.45) is 2.65. The molecule has 0 aliphatic rings. The molecule has 0 aliphatic carbocycles. The van der Waals surface area contributed by atoms with Gasteiger partial charge in [0.05, 0.1) is 12.3 Å². The van der Waals surface area contributed by atoms with Crippen molar-refractivity contribution in [3.05, 3.63) is 53.6 Å². The molecule has 21 heavy (non-hydrogen) atoms. The van der Waals surface area contributed by atoms with Gasteiger partial charge in [0.25, 0.3) is 0 Å². The Morgan fingerprint density at radius 3 is 3.00 bits per heavy atom. The number of hydrogen-bond acceptors (Lipinski definition) is 5. The maximum Gasteiger partial charge on any atom is 0.339 e. The Labute approximate surface area is 122 Å². The Balaban J connectivity index is 1.95. The van der Waals surface area contributed by atoms with Gasteiger partial charge in [-0.15, -0.1) is 0 Å². The van der Waals surface area contributed by atoms with Crippen LogP contribution < -0.4 is 10.1 Å². The number of aromatic carboxylic acids is 1. The third kappa shape index (κ3) is 4.25. The molecule has 2 aromatic rings. The maximum atomic E-state index is 11.0. The lowest BCUT2D eigenvalue weighted by Crippen LogP contribution is -2.17. The second-order valence-electron chi connectivity index (χ2n) is 4.37. The summed E-state index contributed by atoms with van der Waals surface area (Å²) in [5.74, 6) is -0.198. The third-order valence-corrected chi connectivity index (χ3v) is 2.86. The minimum atomic E-state index is -1.02. The third-order valence-electron chi connectivity index (χ3n) is 2.86. The van der Waals surface area contributed by atoms with Gasteiger partial charge in [-0.1, -0.05) is 12.1 Å². The van der Waals surface area contributed by atoms with Gasteiger partial charge in [0.15, 0.2) is 0 Å². The Morgan fingerprint density at radius 2 is 2.24 bits per heavy atom. The first-order valence-corrected chi connectivity index (χ1v) is 6.65. The summed E-state index contributed by atoms with van der Waals surface area (Å²) in [7, 11) is 0. The van der Waals surface area contributed by atoms with Crippen LogP contribution in [0.15, 0.2) is 36.8 Å². The van der Waals surface area contributed by atoms with Crippen molar-refractivity contribution in [1.82, 2.24) is 15.3 Å². The van der Waals surface area contributed by atoms with Crippen LogP contribution in [0, 0.1) is 0 Å². The van der Waals surface area contributed by atoms with E-state index in [-0.39, 0.29) is 5.56 Å². The normalized spacial score (nSPS) is 10.3. The molecule has 1 aromatic heterocycles. The molecule has 6 heteroatoms. The molecule has 0 aliphatic heterocycles. The second-order valence-corrected chi connectivity index (χ2v) is 4.37. The maximum absolute atomic E-state index is 11.0. The quantitative estimate of drug-likeness (QED) is 0.808. The van der Waals surface area contributed by atoms with Gasteiger partial charge in [-0.05, 0) is 24.6 Å². The molecule has 0 fully saturated rings. The van der Waals surface area contributed by atoms with Crippen molar-refractivity contribution in [2.45, 2.75) is 20.0 Å². The van der Waals surface area contributed by atoms with Crippen LogP contribution in [0.1, 0.15) is 28.5 Å². The average molecular weight is 287 g/mol. The van der Waals surface area contributed by atoms with Crippen LogP contribution in [0.4, 0.5) is 0 Å². The lowest BCUT2D eigenvalue weighted by atomic mass is 10.2. The number of carboxylic acid groups (broad SMARTS) is 1. The van der Waals surface area contributed by atoms with E-state index in [1.54, 1.807) is 0 Å². The fraction of sp³-hybridized carbons (Fsp3) is 0.267. The number of nitrogens with zero attached hydrogens (tertiary/aromatic N) is 2. The van der Waals surface area contributed by atoms with Crippen LogP contribution in [0.5, 0.6) is 5.75 Å². The molecule has 0 bridgehead atoms. The van der Waals surface area contributed by atoms with Gasteiger partial charge in [-0.3, -0.25) is 0 Å². The second kappa shape index (κ2) is 7.35. The summed E-state index contributed by atoms with van der Waals surface area (Å²) in [4.78, 5) is 18.8. The number of ether oxygens (including phenoxy) is 1. The molecule has 1 aromatic carbocycles.